The normalized spacial score (nSPS) is 20.5. The van der Waals surface area contributed by atoms with Crippen molar-refractivity contribution in [1.82, 2.24) is 20.0 Å². The van der Waals surface area contributed by atoms with Crippen LogP contribution in [0.3, 0.4) is 0 Å². The summed E-state index contributed by atoms with van der Waals surface area (Å²) in [6.07, 6.45) is 4.10. The molecule has 2 aromatic rings. The summed E-state index contributed by atoms with van der Waals surface area (Å²) in [5.74, 6) is -0.363. The van der Waals surface area contributed by atoms with Crippen LogP contribution >= 0.6 is 0 Å². The van der Waals surface area contributed by atoms with Gasteiger partial charge < -0.3 is 5.32 Å². The molecule has 1 aliphatic rings. The van der Waals surface area contributed by atoms with Gasteiger partial charge in [0.25, 0.3) is 5.91 Å². The van der Waals surface area contributed by atoms with E-state index in [-0.39, 0.29) is 18.9 Å². The Kier molecular flexibility index (Phi) is 4.33. The number of hydrogen-bond acceptors (Lipinski definition) is 3. The predicted octanol–water partition coefficient (Wildman–Crippen LogP) is 2.08. The number of imide groups is 1. The molecule has 0 spiro atoms. The summed E-state index contributed by atoms with van der Waals surface area (Å²) in [5, 5.41) is 6.74. The lowest BCUT2D eigenvalue weighted by Crippen LogP contribution is -2.44. The van der Waals surface area contributed by atoms with Gasteiger partial charge in [-0.2, -0.15) is 5.10 Å². The molecule has 1 aromatic heterocycles. The number of halogens is 1. The van der Waals surface area contributed by atoms with Crippen LogP contribution < -0.4 is 5.32 Å². The monoisotopic (exact) mass is 330 g/mol. The molecular formula is C17H19FN4O2. The van der Waals surface area contributed by atoms with Gasteiger partial charge in [0.2, 0.25) is 0 Å². The van der Waals surface area contributed by atoms with Gasteiger partial charge in [0.05, 0.1) is 12.4 Å². The fourth-order valence-electron chi connectivity index (χ4n) is 2.79. The van der Waals surface area contributed by atoms with Crippen LogP contribution in [-0.2, 0) is 11.2 Å². The lowest BCUT2D eigenvalue weighted by atomic mass is 9.99. The molecule has 3 amide bonds. The van der Waals surface area contributed by atoms with Crippen molar-refractivity contribution in [2.45, 2.75) is 25.3 Å². The molecule has 24 heavy (non-hydrogen) atoms. The quantitative estimate of drug-likeness (QED) is 0.825. The van der Waals surface area contributed by atoms with Crippen LogP contribution in [0.4, 0.5) is 9.18 Å². The first-order valence-corrected chi connectivity index (χ1v) is 7.82. The lowest BCUT2D eigenvalue weighted by Gasteiger charge is -2.19. The molecular weight excluding hydrogens is 311 g/mol. The fourth-order valence-corrected chi connectivity index (χ4v) is 2.79. The zero-order valence-electron chi connectivity index (χ0n) is 13.4. The van der Waals surface area contributed by atoms with Gasteiger partial charge in [-0.3, -0.25) is 14.1 Å². The first kappa shape index (κ1) is 16.2. The van der Waals surface area contributed by atoms with Crippen molar-refractivity contribution in [2.24, 2.45) is 0 Å². The predicted molar refractivity (Wildman–Crippen MR) is 86.5 cm³/mol. The highest BCUT2D eigenvalue weighted by Crippen LogP contribution is 2.21. The van der Waals surface area contributed by atoms with E-state index >= 15 is 0 Å². The number of hydrogen-bond donors (Lipinski definition) is 1. The van der Waals surface area contributed by atoms with Gasteiger partial charge >= 0.3 is 6.03 Å². The smallest absolute Gasteiger partial charge is 0.323 e. The SMILES string of the molecule is CC1(CCF)NC(=O)N(CCc2ccc(-n3cccn3)cc2)C1=O. The second-order valence-corrected chi connectivity index (χ2v) is 6.03. The van der Waals surface area contributed by atoms with E-state index in [0.717, 1.165) is 16.2 Å². The molecule has 7 heteroatoms. The summed E-state index contributed by atoms with van der Waals surface area (Å²) in [4.78, 5) is 25.5. The van der Waals surface area contributed by atoms with Gasteiger partial charge in [-0.05, 0) is 37.1 Å². The maximum absolute atomic E-state index is 12.6. The van der Waals surface area contributed by atoms with Crippen LogP contribution in [0.2, 0.25) is 0 Å². The average molecular weight is 330 g/mol. The van der Waals surface area contributed by atoms with E-state index in [1.165, 1.54) is 0 Å². The van der Waals surface area contributed by atoms with E-state index in [9.17, 15) is 14.0 Å². The number of alkyl halides is 1. The van der Waals surface area contributed by atoms with Gasteiger partial charge in [0, 0.05) is 25.4 Å². The topological polar surface area (TPSA) is 67.2 Å². The number of amides is 3. The molecule has 2 heterocycles. The number of aromatic nitrogens is 2. The number of benzene rings is 1. The summed E-state index contributed by atoms with van der Waals surface area (Å²) < 4.78 is 14.3. The summed E-state index contributed by atoms with van der Waals surface area (Å²) in [5.41, 5.74) is 0.815. The van der Waals surface area contributed by atoms with Crippen LogP contribution in [0.5, 0.6) is 0 Å². The number of rotatable bonds is 6. The highest BCUT2D eigenvalue weighted by atomic mass is 19.1. The summed E-state index contributed by atoms with van der Waals surface area (Å²) in [7, 11) is 0. The molecule has 1 atom stereocenters. The molecule has 1 N–H and O–H groups in total. The number of carbonyl (C=O) groups excluding carboxylic acids is 2. The van der Waals surface area contributed by atoms with Crippen molar-refractivity contribution in [1.29, 1.82) is 0 Å². The third kappa shape index (κ3) is 3.02. The second-order valence-electron chi connectivity index (χ2n) is 6.03. The Labute approximate surface area is 139 Å². The Morgan fingerprint density at radius 1 is 1.25 bits per heavy atom. The summed E-state index contributed by atoms with van der Waals surface area (Å²) in [6, 6.07) is 9.14. The molecule has 0 saturated carbocycles. The Bertz CT molecular complexity index is 730. The molecule has 1 saturated heterocycles. The molecule has 1 aliphatic heterocycles. The van der Waals surface area contributed by atoms with E-state index in [1.54, 1.807) is 17.8 Å². The van der Waals surface area contributed by atoms with Gasteiger partial charge in [-0.25, -0.2) is 9.48 Å². The standard InChI is InChI=1S/C17H19FN4O2/c1-17(8-9-18)15(23)21(16(24)20-17)12-7-13-3-5-14(6-4-13)22-11-2-10-19-22/h2-6,10-11H,7-9,12H2,1H3,(H,20,24). The van der Waals surface area contributed by atoms with Crippen LogP contribution in [-0.4, -0.2) is 45.4 Å². The van der Waals surface area contributed by atoms with Gasteiger partial charge in [-0.1, -0.05) is 12.1 Å². The van der Waals surface area contributed by atoms with Crippen molar-refractivity contribution in [3.05, 3.63) is 48.3 Å². The van der Waals surface area contributed by atoms with E-state index in [1.807, 2.05) is 36.5 Å². The molecule has 0 bridgehead atoms. The Balaban J connectivity index is 1.63. The first-order valence-electron chi connectivity index (χ1n) is 7.82. The van der Waals surface area contributed by atoms with E-state index < -0.39 is 18.2 Å². The molecule has 1 fully saturated rings. The third-order valence-electron chi connectivity index (χ3n) is 4.27. The van der Waals surface area contributed by atoms with Crippen LogP contribution in [0.25, 0.3) is 5.69 Å². The zero-order chi connectivity index (χ0) is 17.2. The van der Waals surface area contributed by atoms with E-state index in [4.69, 9.17) is 0 Å². The van der Waals surface area contributed by atoms with Crippen LogP contribution in [0.15, 0.2) is 42.7 Å². The van der Waals surface area contributed by atoms with Crippen molar-refractivity contribution < 1.29 is 14.0 Å². The van der Waals surface area contributed by atoms with Gasteiger partial charge in [-0.15, -0.1) is 0 Å². The van der Waals surface area contributed by atoms with Crippen LogP contribution in [0.1, 0.15) is 18.9 Å². The molecule has 1 unspecified atom stereocenters. The average Bonchev–Trinajstić information content (AvgIpc) is 3.16. The molecule has 6 nitrogen and oxygen atoms in total. The minimum absolute atomic E-state index is 0.00730. The van der Waals surface area contributed by atoms with Gasteiger partial charge in [0.1, 0.15) is 5.54 Å². The molecule has 0 radical (unpaired) electrons. The lowest BCUT2D eigenvalue weighted by molar-refractivity contribution is -0.131. The molecule has 0 aliphatic carbocycles. The molecule has 1 aromatic carbocycles. The van der Waals surface area contributed by atoms with Crippen molar-refractivity contribution in [3.8, 4) is 5.69 Å². The summed E-state index contributed by atoms with van der Waals surface area (Å²) in [6.45, 7) is 1.19. The highest BCUT2D eigenvalue weighted by molar-refractivity contribution is 6.06. The Morgan fingerprint density at radius 2 is 2.00 bits per heavy atom. The first-order chi connectivity index (χ1) is 11.5. The van der Waals surface area contributed by atoms with Crippen molar-refractivity contribution in [3.63, 3.8) is 0 Å². The maximum Gasteiger partial charge on any atom is 0.325 e. The largest absolute Gasteiger partial charge is 0.325 e. The number of nitrogens with one attached hydrogen (secondary N) is 1. The summed E-state index contributed by atoms with van der Waals surface area (Å²) >= 11 is 0. The molecule has 3 rings (SSSR count). The highest BCUT2D eigenvalue weighted by Gasteiger charge is 2.46. The van der Waals surface area contributed by atoms with E-state index in [2.05, 4.69) is 10.4 Å². The Hall–Kier alpha value is -2.70. The van der Waals surface area contributed by atoms with Gasteiger partial charge in [0.15, 0.2) is 0 Å². The third-order valence-corrected chi connectivity index (χ3v) is 4.27. The number of nitrogens with zero attached hydrogens (tertiary/aromatic N) is 3. The number of urea groups is 1. The van der Waals surface area contributed by atoms with Crippen LogP contribution in [0, 0.1) is 0 Å². The zero-order valence-corrected chi connectivity index (χ0v) is 13.4. The number of carbonyl (C=O) groups is 2. The van der Waals surface area contributed by atoms with Crippen molar-refractivity contribution >= 4 is 11.9 Å². The van der Waals surface area contributed by atoms with Crippen molar-refractivity contribution in [2.75, 3.05) is 13.2 Å². The fraction of sp³-hybridized carbons (Fsp3) is 0.353. The molecule has 126 valence electrons. The second kappa shape index (κ2) is 6.43. The minimum Gasteiger partial charge on any atom is -0.323 e. The minimum atomic E-state index is -1.13. The Morgan fingerprint density at radius 3 is 2.62 bits per heavy atom. The maximum atomic E-state index is 12.6. The van der Waals surface area contributed by atoms with E-state index in [0.29, 0.717) is 6.42 Å².